The molecule has 0 atom stereocenters. The summed E-state index contributed by atoms with van der Waals surface area (Å²) in [5.74, 6) is 1.03. The number of nitrogens with zero attached hydrogens (tertiary/aromatic N) is 3. The highest BCUT2D eigenvalue weighted by atomic mass is 16.5. The molecule has 2 N–H and O–H groups in total. The molecule has 8 heteroatoms. The van der Waals surface area contributed by atoms with Crippen LogP contribution >= 0.6 is 0 Å². The number of hydrogen-bond acceptors (Lipinski definition) is 5. The van der Waals surface area contributed by atoms with E-state index in [4.69, 9.17) is 14.5 Å². The van der Waals surface area contributed by atoms with Gasteiger partial charge in [-0.3, -0.25) is 14.7 Å². The monoisotopic (exact) mass is 355 g/mol. The molecule has 0 aromatic carbocycles. The van der Waals surface area contributed by atoms with E-state index in [1.165, 1.54) is 0 Å². The number of nitrogens with one attached hydrogen (secondary N) is 2. The number of hydrogen-bond donors (Lipinski definition) is 2. The van der Waals surface area contributed by atoms with Crippen LogP contribution in [0.25, 0.3) is 0 Å². The fourth-order valence-corrected chi connectivity index (χ4v) is 2.90. The van der Waals surface area contributed by atoms with E-state index in [2.05, 4.69) is 34.3 Å². The lowest BCUT2D eigenvalue weighted by Gasteiger charge is -2.39. The molecule has 0 radical (unpaired) electrons. The second-order valence-corrected chi connectivity index (χ2v) is 7.08. The van der Waals surface area contributed by atoms with Gasteiger partial charge in [-0.15, -0.1) is 0 Å². The van der Waals surface area contributed by atoms with Crippen molar-refractivity contribution in [3.05, 3.63) is 0 Å². The van der Waals surface area contributed by atoms with Gasteiger partial charge in [0.1, 0.15) is 0 Å². The quantitative estimate of drug-likeness (QED) is 0.343. The molecule has 2 aliphatic rings. The van der Waals surface area contributed by atoms with Crippen molar-refractivity contribution in [2.75, 3.05) is 79.3 Å². The molecule has 0 unspecified atom stereocenters. The number of methoxy groups -OCH3 is 1. The Morgan fingerprint density at radius 2 is 1.96 bits per heavy atom. The van der Waals surface area contributed by atoms with Crippen LogP contribution in [0.5, 0.6) is 0 Å². The molecule has 0 aromatic rings. The smallest absolute Gasteiger partial charge is 0.234 e. The summed E-state index contributed by atoms with van der Waals surface area (Å²) >= 11 is 0. The molecule has 0 aliphatic carbocycles. The number of carbonyl (C=O) groups excluding carboxylic acids is 1. The number of amides is 1. The third-order valence-corrected chi connectivity index (χ3v) is 4.51. The first-order valence-electron chi connectivity index (χ1n) is 9.15. The van der Waals surface area contributed by atoms with E-state index in [9.17, 15) is 4.79 Å². The molecular weight excluding hydrogens is 322 g/mol. The van der Waals surface area contributed by atoms with Crippen molar-refractivity contribution < 1.29 is 14.3 Å². The van der Waals surface area contributed by atoms with Gasteiger partial charge in [0, 0.05) is 51.8 Å². The van der Waals surface area contributed by atoms with Gasteiger partial charge in [0.2, 0.25) is 5.91 Å². The molecule has 2 fully saturated rings. The Bertz CT molecular complexity index is 446. The number of rotatable bonds is 8. The highest BCUT2D eigenvalue weighted by Crippen LogP contribution is 2.26. The van der Waals surface area contributed by atoms with Gasteiger partial charge in [-0.25, -0.2) is 0 Å². The summed E-state index contributed by atoms with van der Waals surface area (Å²) in [5.41, 5.74) is 0.183. The van der Waals surface area contributed by atoms with Gasteiger partial charge >= 0.3 is 0 Å². The Balaban J connectivity index is 1.76. The van der Waals surface area contributed by atoms with Crippen molar-refractivity contribution in [1.29, 1.82) is 0 Å². The van der Waals surface area contributed by atoms with E-state index in [0.29, 0.717) is 19.7 Å². The molecule has 0 spiro atoms. The topological polar surface area (TPSA) is 78.4 Å². The van der Waals surface area contributed by atoms with E-state index < -0.39 is 0 Å². The molecule has 0 aromatic heterocycles. The van der Waals surface area contributed by atoms with Gasteiger partial charge in [-0.05, 0) is 6.92 Å². The van der Waals surface area contributed by atoms with Crippen LogP contribution in [0, 0.1) is 5.41 Å². The van der Waals surface area contributed by atoms with Crippen LogP contribution in [0.4, 0.5) is 0 Å². The Morgan fingerprint density at radius 1 is 1.24 bits per heavy atom. The normalized spacial score (nSPS) is 20.9. The summed E-state index contributed by atoms with van der Waals surface area (Å²) in [7, 11) is 1.63. The average molecular weight is 355 g/mol. The number of piperazine rings is 1. The lowest BCUT2D eigenvalue weighted by atomic mass is 9.89. The zero-order valence-electron chi connectivity index (χ0n) is 15.8. The third-order valence-electron chi connectivity index (χ3n) is 4.51. The summed E-state index contributed by atoms with van der Waals surface area (Å²) in [6.45, 7) is 12.6. The zero-order chi connectivity index (χ0) is 18.1. The van der Waals surface area contributed by atoms with Crippen molar-refractivity contribution in [2.24, 2.45) is 10.4 Å². The standard InChI is InChI=1S/C17H33N5O3/c1-4-18-16(20-12-17(2)13-25-14-17)22-8-6-21(7-9-22)11-15(23)19-5-10-24-3/h4-14H2,1-3H3,(H,18,20)(H,19,23). The maximum atomic E-state index is 11.9. The summed E-state index contributed by atoms with van der Waals surface area (Å²) in [4.78, 5) is 21.2. The van der Waals surface area contributed by atoms with Crippen LogP contribution in [0.1, 0.15) is 13.8 Å². The summed E-state index contributed by atoms with van der Waals surface area (Å²) in [5, 5.41) is 6.25. The Morgan fingerprint density at radius 3 is 2.52 bits per heavy atom. The molecule has 1 amide bonds. The maximum Gasteiger partial charge on any atom is 0.234 e. The maximum absolute atomic E-state index is 11.9. The van der Waals surface area contributed by atoms with Crippen LogP contribution in [0.3, 0.4) is 0 Å². The Kier molecular flexibility index (Phi) is 7.92. The van der Waals surface area contributed by atoms with E-state index in [1.54, 1.807) is 7.11 Å². The second kappa shape index (κ2) is 9.94. The van der Waals surface area contributed by atoms with Crippen molar-refractivity contribution in [3.63, 3.8) is 0 Å². The van der Waals surface area contributed by atoms with Gasteiger partial charge in [-0.1, -0.05) is 6.92 Å². The van der Waals surface area contributed by atoms with E-state index >= 15 is 0 Å². The van der Waals surface area contributed by atoms with Gasteiger partial charge in [-0.2, -0.15) is 0 Å². The number of guanidine groups is 1. The largest absolute Gasteiger partial charge is 0.383 e. The van der Waals surface area contributed by atoms with Gasteiger partial charge in [0.15, 0.2) is 5.96 Å². The van der Waals surface area contributed by atoms with E-state index in [1.807, 2.05) is 0 Å². The minimum atomic E-state index is 0.0592. The van der Waals surface area contributed by atoms with E-state index in [0.717, 1.165) is 58.4 Å². The molecule has 8 nitrogen and oxygen atoms in total. The predicted octanol–water partition coefficient (Wildman–Crippen LogP) is -0.631. The molecule has 0 bridgehead atoms. The first kappa shape index (κ1) is 19.9. The third kappa shape index (κ3) is 6.45. The minimum Gasteiger partial charge on any atom is -0.383 e. The van der Waals surface area contributed by atoms with Crippen molar-refractivity contribution >= 4 is 11.9 Å². The van der Waals surface area contributed by atoms with Crippen molar-refractivity contribution in [2.45, 2.75) is 13.8 Å². The summed E-state index contributed by atoms with van der Waals surface area (Å²) in [6.07, 6.45) is 0. The molecule has 0 saturated carbocycles. The second-order valence-electron chi connectivity index (χ2n) is 7.08. The average Bonchev–Trinajstić information content (AvgIpc) is 2.58. The minimum absolute atomic E-state index is 0.0592. The zero-order valence-corrected chi connectivity index (χ0v) is 15.8. The van der Waals surface area contributed by atoms with Crippen LogP contribution in [0.2, 0.25) is 0 Å². The fourth-order valence-electron chi connectivity index (χ4n) is 2.90. The molecular formula is C17H33N5O3. The van der Waals surface area contributed by atoms with Gasteiger partial charge < -0.3 is 25.0 Å². The number of carbonyl (C=O) groups is 1. The Labute approximate surface area is 150 Å². The first-order chi connectivity index (χ1) is 12.1. The first-order valence-corrected chi connectivity index (χ1v) is 9.15. The lowest BCUT2D eigenvalue weighted by Crippen LogP contribution is -2.54. The fraction of sp³-hybridized carbons (Fsp3) is 0.882. The molecule has 144 valence electrons. The number of ether oxygens (including phenoxy) is 2. The summed E-state index contributed by atoms with van der Waals surface area (Å²) < 4.78 is 10.2. The molecule has 2 aliphatic heterocycles. The van der Waals surface area contributed by atoms with Gasteiger partial charge in [0.05, 0.1) is 32.9 Å². The van der Waals surface area contributed by atoms with Crippen LogP contribution in [0.15, 0.2) is 4.99 Å². The van der Waals surface area contributed by atoms with Crippen LogP contribution < -0.4 is 10.6 Å². The van der Waals surface area contributed by atoms with Crippen LogP contribution in [-0.2, 0) is 14.3 Å². The van der Waals surface area contributed by atoms with Crippen LogP contribution in [-0.4, -0.2) is 101 Å². The van der Waals surface area contributed by atoms with Crippen molar-refractivity contribution in [1.82, 2.24) is 20.4 Å². The predicted molar refractivity (Wildman–Crippen MR) is 97.8 cm³/mol. The van der Waals surface area contributed by atoms with Gasteiger partial charge in [0.25, 0.3) is 0 Å². The molecule has 2 heterocycles. The Hall–Kier alpha value is -1.38. The SMILES string of the molecule is CCNC(=NCC1(C)COC1)N1CCN(CC(=O)NCCOC)CC1. The molecule has 2 saturated heterocycles. The molecule has 2 rings (SSSR count). The molecule has 25 heavy (non-hydrogen) atoms. The highest BCUT2D eigenvalue weighted by molar-refractivity contribution is 5.80. The van der Waals surface area contributed by atoms with E-state index in [-0.39, 0.29) is 11.3 Å². The lowest BCUT2D eigenvalue weighted by molar-refractivity contribution is -0.122. The van der Waals surface area contributed by atoms with Crippen molar-refractivity contribution in [3.8, 4) is 0 Å². The highest BCUT2D eigenvalue weighted by Gasteiger charge is 2.33. The summed E-state index contributed by atoms with van der Waals surface area (Å²) in [6, 6.07) is 0. The number of aliphatic imine (C=N–C) groups is 1.